The first-order chi connectivity index (χ1) is 6.43. The average Bonchev–Trinajstić information content (AvgIpc) is 2.02. The fourth-order valence-corrected chi connectivity index (χ4v) is 1.02. The van der Waals surface area contributed by atoms with Gasteiger partial charge in [-0.15, -0.1) is 4.67 Å². The number of rotatable bonds is 1. The Bertz CT molecular complexity index is 390. The second-order valence-electron chi connectivity index (χ2n) is 2.70. The second-order valence-corrected chi connectivity index (χ2v) is 2.70. The SMILES string of the molecule is C=[N+]=Cc1cc(N)cc(C(F)(F)F)c1. The van der Waals surface area contributed by atoms with Crippen LogP contribution in [-0.2, 0) is 6.18 Å². The van der Waals surface area contributed by atoms with Crippen molar-refractivity contribution in [3.63, 3.8) is 0 Å². The van der Waals surface area contributed by atoms with Crippen LogP contribution in [0.2, 0.25) is 0 Å². The average molecular weight is 201 g/mol. The molecule has 0 radical (unpaired) electrons. The zero-order valence-electron chi connectivity index (χ0n) is 7.17. The van der Waals surface area contributed by atoms with Crippen molar-refractivity contribution in [1.29, 1.82) is 0 Å². The highest BCUT2D eigenvalue weighted by atomic mass is 19.4. The predicted octanol–water partition coefficient (Wildman–Crippen LogP) is 1.47. The topological polar surface area (TPSA) is 40.1 Å². The molecule has 2 N–H and O–H groups in total. The Morgan fingerprint density at radius 3 is 2.43 bits per heavy atom. The van der Waals surface area contributed by atoms with Crippen LogP contribution in [0.3, 0.4) is 0 Å². The molecule has 2 nitrogen and oxygen atoms in total. The molecule has 0 spiro atoms. The summed E-state index contributed by atoms with van der Waals surface area (Å²) in [5, 5.41) is 0. The summed E-state index contributed by atoms with van der Waals surface area (Å²) in [6.07, 6.45) is -3.18. The molecular weight excluding hydrogens is 193 g/mol. The van der Waals surface area contributed by atoms with E-state index in [0.29, 0.717) is 0 Å². The van der Waals surface area contributed by atoms with Gasteiger partial charge in [-0.3, -0.25) is 0 Å². The molecule has 0 aliphatic heterocycles. The van der Waals surface area contributed by atoms with Gasteiger partial charge < -0.3 is 5.73 Å². The zero-order valence-corrected chi connectivity index (χ0v) is 7.17. The Kier molecular flexibility index (Phi) is 2.63. The number of halogens is 3. The highest BCUT2D eigenvalue weighted by molar-refractivity contribution is 5.81. The smallest absolute Gasteiger partial charge is 0.399 e. The van der Waals surface area contributed by atoms with Crippen LogP contribution in [0.25, 0.3) is 0 Å². The number of nitrogen functional groups attached to an aromatic ring is 1. The molecule has 5 heteroatoms. The standard InChI is InChI=1S/C9H8F3N2/c1-14-5-6-2-7(9(10,11)12)4-8(13)3-6/h2-5H,1,13H2/q+1. The molecule has 0 atom stereocenters. The number of nitrogens with two attached hydrogens (primary N) is 1. The Hall–Kier alpha value is -1.74. The highest BCUT2D eigenvalue weighted by Gasteiger charge is 2.31. The van der Waals surface area contributed by atoms with E-state index in [9.17, 15) is 13.2 Å². The molecule has 0 heterocycles. The van der Waals surface area contributed by atoms with Gasteiger partial charge in [0, 0.05) is 5.69 Å². The van der Waals surface area contributed by atoms with Crippen LogP contribution in [0.5, 0.6) is 0 Å². The Morgan fingerprint density at radius 1 is 1.29 bits per heavy atom. The second kappa shape index (κ2) is 3.55. The minimum Gasteiger partial charge on any atom is -0.399 e. The van der Waals surface area contributed by atoms with Crippen LogP contribution in [0.4, 0.5) is 18.9 Å². The molecule has 0 amide bonds. The molecule has 0 aromatic heterocycles. The first-order valence-corrected chi connectivity index (χ1v) is 3.70. The quantitative estimate of drug-likeness (QED) is 0.417. The molecule has 14 heavy (non-hydrogen) atoms. The lowest BCUT2D eigenvalue weighted by Gasteiger charge is -2.07. The van der Waals surface area contributed by atoms with E-state index in [0.717, 1.165) is 12.1 Å². The fourth-order valence-electron chi connectivity index (χ4n) is 1.02. The number of hydrogen-bond acceptors (Lipinski definition) is 1. The van der Waals surface area contributed by atoms with Gasteiger partial charge in [-0.2, -0.15) is 13.2 Å². The predicted molar refractivity (Wildman–Crippen MR) is 50.3 cm³/mol. The molecule has 0 aliphatic carbocycles. The Morgan fingerprint density at radius 2 is 1.93 bits per heavy atom. The van der Waals surface area contributed by atoms with Gasteiger partial charge in [0.15, 0.2) is 0 Å². The maximum atomic E-state index is 12.3. The molecule has 1 aromatic rings. The molecule has 1 aromatic carbocycles. The Balaban J connectivity index is 3.27. The number of hydrogen-bond donors (Lipinski definition) is 1. The summed E-state index contributed by atoms with van der Waals surface area (Å²) in [5.74, 6) is 0. The van der Waals surface area contributed by atoms with Crippen molar-refractivity contribution in [3.05, 3.63) is 29.3 Å². The number of anilines is 1. The van der Waals surface area contributed by atoms with Gasteiger partial charge >= 0.3 is 6.18 Å². The number of nitrogens with zero attached hydrogens (tertiary/aromatic N) is 1. The van der Waals surface area contributed by atoms with Gasteiger partial charge in [-0.25, -0.2) is 0 Å². The highest BCUT2D eigenvalue weighted by Crippen LogP contribution is 2.30. The molecule has 0 saturated carbocycles. The van der Waals surface area contributed by atoms with Gasteiger partial charge in [0.25, 0.3) is 12.9 Å². The zero-order chi connectivity index (χ0) is 10.8. The van der Waals surface area contributed by atoms with Gasteiger partial charge in [0.05, 0.1) is 11.1 Å². The molecule has 0 bridgehead atoms. The molecule has 0 unspecified atom stereocenters. The molecule has 1 rings (SSSR count). The van der Waals surface area contributed by atoms with E-state index in [2.05, 4.69) is 11.4 Å². The van der Waals surface area contributed by atoms with Crippen molar-refractivity contribution < 1.29 is 13.2 Å². The first kappa shape index (κ1) is 10.3. The summed E-state index contributed by atoms with van der Waals surface area (Å²) in [6, 6.07) is 3.23. The summed E-state index contributed by atoms with van der Waals surface area (Å²) in [6.45, 7) is 3.15. The molecule has 0 aliphatic rings. The summed E-state index contributed by atoms with van der Waals surface area (Å²) >= 11 is 0. The van der Waals surface area contributed by atoms with Crippen molar-refractivity contribution in [3.8, 4) is 0 Å². The van der Waals surface area contributed by atoms with Crippen LogP contribution in [0.1, 0.15) is 11.1 Å². The lowest BCUT2D eigenvalue weighted by Crippen LogP contribution is -2.06. The molecule has 0 fully saturated rings. The summed E-state index contributed by atoms with van der Waals surface area (Å²) in [4.78, 5) is 0. The maximum Gasteiger partial charge on any atom is 0.416 e. The van der Waals surface area contributed by atoms with Crippen LogP contribution in [0, 0.1) is 0 Å². The van der Waals surface area contributed by atoms with E-state index in [4.69, 9.17) is 5.73 Å². The normalized spacial score (nSPS) is 10.8. The van der Waals surface area contributed by atoms with Crippen LogP contribution >= 0.6 is 0 Å². The largest absolute Gasteiger partial charge is 0.416 e. The summed E-state index contributed by atoms with van der Waals surface area (Å²) in [5.41, 5.74) is 4.85. The van der Waals surface area contributed by atoms with E-state index in [-0.39, 0.29) is 11.3 Å². The summed E-state index contributed by atoms with van der Waals surface area (Å²) in [7, 11) is 0. The van der Waals surface area contributed by atoms with Crippen LogP contribution in [-0.4, -0.2) is 12.9 Å². The minimum atomic E-state index is -4.39. The van der Waals surface area contributed by atoms with Crippen LogP contribution < -0.4 is 10.4 Å². The van der Waals surface area contributed by atoms with E-state index < -0.39 is 11.7 Å². The van der Waals surface area contributed by atoms with Gasteiger partial charge in [-0.05, 0) is 18.2 Å². The molecular formula is C9H8F3N2+. The van der Waals surface area contributed by atoms with Gasteiger partial charge in [0.1, 0.15) is 0 Å². The lowest BCUT2D eigenvalue weighted by molar-refractivity contribution is -0.137. The van der Waals surface area contributed by atoms with Crippen LogP contribution in [0.15, 0.2) is 18.2 Å². The first-order valence-electron chi connectivity index (χ1n) is 3.70. The monoisotopic (exact) mass is 201 g/mol. The third-order valence-corrected chi connectivity index (χ3v) is 1.55. The van der Waals surface area contributed by atoms with Crippen molar-refractivity contribution in [2.75, 3.05) is 5.73 Å². The molecule has 0 saturated heterocycles. The maximum absolute atomic E-state index is 12.3. The van der Waals surface area contributed by atoms with E-state index >= 15 is 0 Å². The Labute approximate surface area is 78.6 Å². The van der Waals surface area contributed by atoms with Crippen molar-refractivity contribution in [2.45, 2.75) is 6.18 Å². The summed E-state index contributed by atoms with van der Waals surface area (Å²) < 4.78 is 40.2. The number of alkyl halides is 3. The van der Waals surface area contributed by atoms with Gasteiger partial charge in [-0.1, -0.05) is 0 Å². The fraction of sp³-hybridized carbons (Fsp3) is 0.111. The molecule has 74 valence electrons. The third-order valence-electron chi connectivity index (χ3n) is 1.55. The minimum absolute atomic E-state index is 0.0507. The van der Waals surface area contributed by atoms with E-state index in [1.165, 1.54) is 12.3 Å². The van der Waals surface area contributed by atoms with Crippen molar-refractivity contribution in [2.24, 2.45) is 0 Å². The van der Waals surface area contributed by atoms with Crippen molar-refractivity contribution in [1.82, 2.24) is 4.67 Å². The third kappa shape index (κ3) is 2.37. The van der Waals surface area contributed by atoms with E-state index in [1.54, 1.807) is 0 Å². The number of benzene rings is 1. The van der Waals surface area contributed by atoms with Crippen molar-refractivity contribution >= 4 is 18.6 Å². The van der Waals surface area contributed by atoms with E-state index in [1.807, 2.05) is 0 Å². The lowest BCUT2D eigenvalue weighted by atomic mass is 10.1. The van der Waals surface area contributed by atoms with Gasteiger partial charge in [0.2, 0.25) is 0 Å².